The molecule has 5 rings (SSSR count). The monoisotopic (exact) mass is 512 g/mol. The Balaban J connectivity index is 1.36. The van der Waals surface area contributed by atoms with Gasteiger partial charge in [-0.05, 0) is 72.7 Å². The minimum absolute atomic E-state index is 0.0473. The molecule has 0 radical (unpaired) electrons. The lowest BCUT2D eigenvalue weighted by molar-refractivity contribution is -0.128. The largest absolute Gasteiger partial charge is 0.478 e. The summed E-state index contributed by atoms with van der Waals surface area (Å²) in [6.07, 6.45) is 0. The average Bonchev–Trinajstić information content (AvgIpc) is 3.27. The van der Waals surface area contributed by atoms with Gasteiger partial charge in [-0.2, -0.15) is 0 Å². The van der Waals surface area contributed by atoms with Crippen molar-refractivity contribution in [3.63, 3.8) is 0 Å². The van der Waals surface area contributed by atoms with E-state index >= 15 is 0 Å². The van der Waals surface area contributed by atoms with Crippen LogP contribution in [-0.2, 0) is 10.2 Å². The predicted octanol–water partition coefficient (Wildman–Crippen LogP) is 8.40. The SMILES string of the molecule is CC(C)(Oc1ccc(C(C)(C)C)cc1)C(=O)Nc1ccc2oc(-c3cccc4c(Cl)cccc34)nc2c1. The lowest BCUT2D eigenvalue weighted by atomic mass is 9.87. The Kier molecular flexibility index (Phi) is 6.20. The Morgan fingerprint density at radius 3 is 2.32 bits per heavy atom. The molecule has 6 heteroatoms. The first kappa shape index (κ1) is 24.8. The van der Waals surface area contributed by atoms with E-state index in [2.05, 4.69) is 26.1 Å². The number of hydrogen-bond donors (Lipinski definition) is 1. The molecule has 1 heterocycles. The van der Waals surface area contributed by atoms with Crippen LogP contribution in [0, 0.1) is 0 Å². The van der Waals surface area contributed by atoms with Crippen molar-refractivity contribution in [3.8, 4) is 17.2 Å². The van der Waals surface area contributed by atoms with E-state index < -0.39 is 5.60 Å². The molecule has 0 aliphatic heterocycles. The molecule has 5 nitrogen and oxygen atoms in total. The normalized spacial score (nSPS) is 12.2. The number of hydrogen-bond acceptors (Lipinski definition) is 4. The van der Waals surface area contributed by atoms with Crippen LogP contribution < -0.4 is 10.1 Å². The fraction of sp³-hybridized carbons (Fsp3) is 0.226. The molecule has 0 bridgehead atoms. The molecule has 0 fully saturated rings. The third kappa shape index (κ3) is 5.05. The van der Waals surface area contributed by atoms with Crippen LogP contribution in [0.2, 0.25) is 5.02 Å². The van der Waals surface area contributed by atoms with Crippen molar-refractivity contribution in [2.45, 2.75) is 45.6 Å². The van der Waals surface area contributed by atoms with E-state index in [1.807, 2.05) is 60.7 Å². The van der Waals surface area contributed by atoms with Gasteiger partial charge in [-0.15, -0.1) is 0 Å². The van der Waals surface area contributed by atoms with E-state index in [-0.39, 0.29) is 11.3 Å². The van der Waals surface area contributed by atoms with Crippen molar-refractivity contribution in [2.24, 2.45) is 0 Å². The highest BCUT2D eigenvalue weighted by Gasteiger charge is 2.30. The summed E-state index contributed by atoms with van der Waals surface area (Å²) in [7, 11) is 0. The molecular formula is C31H29ClN2O3. The van der Waals surface area contributed by atoms with Crippen LogP contribution in [0.15, 0.2) is 83.3 Å². The predicted molar refractivity (Wildman–Crippen MR) is 150 cm³/mol. The first-order chi connectivity index (χ1) is 17.5. The standard InChI is InChI=1S/C31H29ClN2O3/c1-30(2,3)19-12-15-21(16-13-19)37-31(4,5)29(35)33-20-14-17-27-26(18-20)34-28(36-27)24-10-6-9-23-22(24)8-7-11-25(23)32/h6-18H,1-5H3,(H,33,35). The molecule has 1 amide bonds. The van der Waals surface area contributed by atoms with Gasteiger partial charge >= 0.3 is 0 Å². The van der Waals surface area contributed by atoms with Crippen molar-refractivity contribution >= 4 is 45.1 Å². The molecule has 188 valence electrons. The summed E-state index contributed by atoms with van der Waals surface area (Å²) in [5.74, 6) is 0.868. The van der Waals surface area contributed by atoms with Gasteiger partial charge in [-0.25, -0.2) is 4.98 Å². The van der Waals surface area contributed by atoms with Crippen molar-refractivity contribution in [1.82, 2.24) is 4.98 Å². The number of ether oxygens (including phenoxy) is 1. The van der Waals surface area contributed by atoms with Gasteiger partial charge in [0.2, 0.25) is 5.89 Å². The molecule has 0 saturated carbocycles. The Bertz CT molecular complexity index is 1610. The van der Waals surface area contributed by atoms with Gasteiger partial charge in [0.15, 0.2) is 11.2 Å². The van der Waals surface area contributed by atoms with Crippen molar-refractivity contribution in [1.29, 1.82) is 0 Å². The zero-order valence-electron chi connectivity index (χ0n) is 21.6. The van der Waals surface area contributed by atoms with E-state index in [9.17, 15) is 4.79 Å². The van der Waals surface area contributed by atoms with E-state index in [1.165, 1.54) is 5.56 Å². The summed E-state index contributed by atoms with van der Waals surface area (Å²) in [4.78, 5) is 17.8. The van der Waals surface area contributed by atoms with Gasteiger partial charge in [0.05, 0.1) is 0 Å². The van der Waals surface area contributed by atoms with Crippen LogP contribution in [0.3, 0.4) is 0 Å². The van der Waals surface area contributed by atoms with Crippen LogP contribution in [0.4, 0.5) is 5.69 Å². The van der Waals surface area contributed by atoms with Crippen LogP contribution >= 0.6 is 11.6 Å². The summed E-state index contributed by atoms with van der Waals surface area (Å²) in [5, 5.41) is 5.53. The fourth-order valence-electron chi connectivity index (χ4n) is 4.22. The van der Waals surface area contributed by atoms with E-state index in [4.69, 9.17) is 25.7 Å². The van der Waals surface area contributed by atoms with Gasteiger partial charge in [0, 0.05) is 21.7 Å². The third-order valence-electron chi connectivity index (χ3n) is 6.38. The Hall–Kier alpha value is -3.83. The summed E-state index contributed by atoms with van der Waals surface area (Å²) < 4.78 is 12.1. The Morgan fingerprint density at radius 2 is 1.59 bits per heavy atom. The van der Waals surface area contributed by atoms with Crippen LogP contribution in [-0.4, -0.2) is 16.5 Å². The molecule has 5 aromatic rings. The molecular weight excluding hydrogens is 484 g/mol. The highest BCUT2D eigenvalue weighted by atomic mass is 35.5. The summed E-state index contributed by atoms with van der Waals surface area (Å²) in [5.41, 5.74) is 2.90. The first-order valence-electron chi connectivity index (χ1n) is 12.2. The molecule has 37 heavy (non-hydrogen) atoms. The lowest BCUT2D eigenvalue weighted by Crippen LogP contribution is -2.42. The smallest absolute Gasteiger partial charge is 0.267 e. The third-order valence-corrected chi connectivity index (χ3v) is 6.71. The molecule has 4 aromatic carbocycles. The van der Waals surface area contributed by atoms with Gasteiger partial charge in [0.25, 0.3) is 5.91 Å². The number of nitrogens with one attached hydrogen (secondary N) is 1. The number of nitrogens with zero attached hydrogens (tertiary/aromatic N) is 1. The topological polar surface area (TPSA) is 64.4 Å². The first-order valence-corrected chi connectivity index (χ1v) is 12.6. The Morgan fingerprint density at radius 1 is 0.892 bits per heavy atom. The van der Waals surface area contributed by atoms with Crippen molar-refractivity contribution in [2.75, 3.05) is 5.32 Å². The quantitative estimate of drug-likeness (QED) is 0.257. The molecule has 1 aromatic heterocycles. The van der Waals surface area contributed by atoms with Gasteiger partial charge in [-0.1, -0.05) is 68.8 Å². The van der Waals surface area contributed by atoms with Crippen LogP contribution in [0.1, 0.15) is 40.2 Å². The van der Waals surface area contributed by atoms with E-state index in [0.29, 0.717) is 33.4 Å². The fourth-order valence-corrected chi connectivity index (χ4v) is 4.46. The molecule has 0 unspecified atom stereocenters. The zero-order valence-corrected chi connectivity index (χ0v) is 22.3. The number of aromatic nitrogens is 1. The molecule has 0 aliphatic carbocycles. The summed E-state index contributed by atoms with van der Waals surface area (Å²) in [6, 6.07) is 24.9. The average molecular weight is 513 g/mol. The molecule has 0 saturated heterocycles. The molecule has 1 N–H and O–H groups in total. The molecule has 0 aliphatic rings. The number of anilines is 1. The number of carbonyl (C=O) groups is 1. The second-order valence-corrected chi connectivity index (χ2v) is 11.1. The number of benzene rings is 4. The maximum absolute atomic E-state index is 13.1. The van der Waals surface area contributed by atoms with Gasteiger partial charge in [0.1, 0.15) is 11.3 Å². The summed E-state index contributed by atoms with van der Waals surface area (Å²) >= 11 is 6.38. The molecule has 0 atom stereocenters. The highest BCUT2D eigenvalue weighted by molar-refractivity contribution is 6.35. The van der Waals surface area contributed by atoms with Gasteiger partial charge in [-0.3, -0.25) is 4.79 Å². The second-order valence-electron chi connectivity index (χ2n) is 10.7. The van der Waals surface area contributed by atoms with Crippen molar-refractivity contribution in [3.05, 3.63) is 89.4 Å². The van der Waals surface area contributed by atoms with Crippen molar-refractivity contribution < 1.29 is 13.9 Å². The maximum Gasteiger partial charge on any atom is 0.267 e. The number of carbonyl (C=O) groups excluding carboxylic acids is 1. The number of halogens is 1. The summed E-state index contributed by atoms with van der Waals surface area (Å²) in [6.45, 7) is 9.97. The maximum atomic E-state index is 13.1. The number of rotatable bonds is 5. The second kappa shape index (κ2) is 9.24. The zero-order chi connectivity index (χ0) is 26.4. The van der Waals surface area contributed by atoms with Crippen LogP contribution in [0.25, 0.3) is 33.3 Å². The Labute approximate surface area is 221 Å². The van der Waals surface area contributed by atoms with E-state index in [1.54, 1.807) is 32.0 Å². The number of fused-ring (bicyclic) bond motifs is 2. The minimum atomic E-state index is -1.09. The number of oxazole rings is 1. The lowest BCUT2D eigenvalue weighted by Gasteiger charge is -2.26. The van der Waals surface area contributed by atoms with Gasteiger partial charge < -0.3 is 14.5 Å². The number of amides is 1. The highest BCUT2D eigenvalue weighted by Crippen LogP contribution is 2.34. The minimum Gasteiger partial charge on any atom is -0.478 e. The van der Waals surface area contributed by atoms with E-state index in [0.717, 1.165) is 16.3 Å². The van der Waals surface area contributed by atoms with Crippen LogP contribution in [0.5, 0.6) is 5.75 Å². The molecule has 0 spiro atoms.